The van der Waals surface area contributed by atoms with Crippen molar-refractivity contribution in [1.29, 1.82) is 0 Å². The van der Waals surface area contributed by atoms with E-state index in [9.17, 15) is 0 Å². The van der Waals surface area contributed by atoms with E-state index >= 15 is 0 Å². The monoisotopic (exact) mass is 523 g/mol. The Labute approximate surface area is 197 Å². The quantitative estimate of drug-likeness (QED) is 0.326. The Morgan fingerprint density at radius 1 is 1.10 bits per heavy atom. The first kappa shape index (κ1) is 24.5. The number of nitrogens with one attached hydrogen (secondary N) is 2. The summed E-state index contributed by atoms with van der Waals surface area (Å²) in [6, 6.07) is 14.9. The van der Waals surface area contributed by atoms with Crippen LogP contribution in [0.3, 0.4) is 0 Å². The standard InChI is InChI=1S/C24H33N3O2.HI/c1-17-7-10-19(11-8-17)23-21(6-5-13-29-23)16-27-24(25-3)26-15-20-12-9-18(2)14-22(20)28-4;/h7-12,14,21,23H,5-6,13,15-16H2,1-4H3,(H2,25,26,27);1H. The lowest BCUT2D eigenvalue weighted by Gasteiger charge is -2.32. The first-order valence-corrected chi connectivity index (χ1v) is 10.4. The maximum atomic E-state index is 6.14. The predicted molar refractivity (Wildman–Crippen MR) is 134 cm³/mol. The van der Waals surface area contributed by atoms with Crippen LogP contribution in [0.1, 0.15) is 41.2 Å². The van der Waals surface area contributed by atoms with Crippen molar-refractivity contribution in [1.82, 2.24) is 10.6 Å². The van der Waals surface area contributed by atoms with Crippen LogP contribution in [-0.2, 0) is 11.3 Å². The molecule has 6 heteroatoms. The molecule has 0 amide bonds. The zero-order valence-corrected chi connectivity index (χ0v) is 20.7. The van der Waals surface area contributed by atoms with E-state index < -0.39 is 0 Å². The molecule has 1 saturated heterocycles. The number of aliphatic imine (C=N–C) groups is 1. The van der Waals surface area contributed by atoms with Crippen molar-refractivity contribution in [2.45, 2.75) is 39.3 Å². The Morgan fingerprint density at radius 3 is 2.53 bits per heavy atom. The van der Waals surface area contributed by atoms with Crippen molar-refractivity contribution in [3.63, 3.8) is 0 Å². The van der Waals surface area contributed by atoms with Crippen LogP contribution in [0.5, 0.6) is 5.75 Å². The molecular formula is C24H34IN3O2. The van der Waals surface area contributed by atoms with Crippen LogP contribution in [0.15, 0.2) is 47.5 Å². The van der Waals surface area contributed by atoms with Crippen molar-refractivity contribution < 1.29 is 9.47 Å². The second kappa shape index (κ2) is 12.2. The van der Waals surface area contributed by atoms with Gasteiger partial charge in [-0.2, -0.15) is 0 Å². The van der Waals surface area contributed by atoms with Crippen LogP contribution < -0.4 is 15.4 Å². The zero-order valence-electron chi connectivity index (χ0n) is 18.4. The third-order valence-electron chi connectivity index (χ3n) is 5.49. The van der Waals surface area contributed by atoms with Gasteiger partial charge in [-0.05, 0) is 43.9 Å². The molecule has 2 aromatic rings. The maximum Gasteiger partial charge on any atom is 0.191 e. The molecule has 0 aromatic heterocycles. The van der Waals surface area contributed by atoms with Crippen LogP contribution in [0.25, 0.3) is 0 Å². The van der Waals surface area contributed by atoms with E-state index in [2.05, 4.69) is 71.9 Å². The van der Waals surface area contributed by atoms with Gasteiger partial charge in [0.15, 0.2) is 5.96 Å². The Bertz CT molecular complexity index is 824. The summed E-state index contributed by atoms with van der Waals surface area (Å²) in [6.07, 6.45) is 2.38. The summed E-state index contributed by atoms with van der Waals surface area (Å²) < 4.78 is 11.6. The Hall–Kier alpha value is -1.80. The van der Waals surface area contributed by atoms with Crippen LogP contribution >= 0.6 is 24.0 Å². The van der Waals surface area contributed by atoms with Crippen LogP contribution in [-0.4, -0.2) is 33.3 Å². The molecule has 164 valence electrons. The molecule has 2 unspecified atom stereocenters. The number of hydrogen-bond donors (Lipinski definition) is 2. The van der Waals surface area contributed by atoms with Gasteiger partial charge in [-0.3, -0.25) is 4.99 Å². The molecule has 0 spiro atoms. The third-order valence-corrected chi connectivity index (χ3v) is 5.49. The van der Waals surface area contributed by atoms with Crippen molar-refractivity contribution in [3.8, 4) is 5.75 Å². The van der Waals surface area contributed by atoms with Crippen LogP contribution in [0.4, 0.5) is 0 Å². The zero-order chi connectivity index (χ0) is 20.6. The van der Waals surface area contributed by atoms with Crippen molar-refractivity contribution in [2.75, 3.05) is 27.3 Å². The predicted octanol–water partition coefficient (Wildman–Crippen LogP) is 4.76. The molecular weight excluding hydrogens is 489 g/mol. The first-order valence-electron chi connectivity index (χ1n) is 10.4. The summed E-state index contributed by atoms with van der Waals surface area (Å²) in [7, 11) is 3.51. The largest absolute Gasteiger partial charge is 0.496 e. The molecule has 5 nitrogen and oxygen atoms in total. The lowest BCUT2D eigenvalue weighted by molar-refractivity contribution is -0.0265. The molecule has 0 radical (unpaired) electrons. The van der Waals surface area contributed by atoms with Gasteiger partial charge in [0.25, 0.3) is 0 Å². The number of nitrogens with zero attached hydrogens (tertiary/aromatic N) is 1. The van der Waals surface area contributed by atoms with E-state index in [0.717, 1.165) is 43.3 Å². The molecule has 0 aliphatic carbocycles. The minimum atomic E-state index is 0. The molecule has 1 aliphatic heterocycles. The van der Waals surface area contributed by atoms with E-state index in [4.69, 9.17) is 9.47 Å². The first-order chi connectivity index (χ1) is 14.1. The summed E-state index contributed by atoms with van der Waals surface area (Å²) >= 11 is 0. The molecule has 30 heavy (non-hydrogen) atoms. The van der Waals surface area contributed by atoms with E-state index in [1.807, 2.05) is 0 Å². The molecule has 0 bridgehead atoms. The van der Waals surface area contributed by atoms with Gasteiger partial charge in [0.2, 0.25) is 0 Å². The van der Waals surface area contributed by atoms with E-state index in [-0.39, 0.29) is 30.1 Å². The number of hydrogen-bond acceptors (Lipinski definition) is 3. The molecule has 2 atom stereocenters. The van der Waals surface area contributed by atoms with Crippen LogP contribution in [0.2, 0.25) is 0 Å². The molecule has 1 fully saturated rings. The topological polar surface area (TPSA) is 54.9 Å². The smallest absolute Gasteiger partial charge is 0.191 e. The number of rotatable bonds is 6. The van der Waals surface area contributed by atoms with Crippen molar-refractivity contribution in [2.24, 2.45) is 10.9 Å². The molecule has 1 heterocycles. The average Bonchev–Trinajstić information content (AvgIpc) is 2.75. The number of halogens is 1. The number of aryl methyl sites for hydroxylation is 2. The Morgan fingerprint density at radius 2 is 1.83 bits per heavy atom. The highest BCUT2D eigenvalue weighted by molar-refractivity contribution is 14.0. The second-order valence-corrected chi connectivity index (χ2v) is 7.73. The highest BCUT2D eigenvalue weighted by atomic mass is 127. The lowest BCUT2D eigenvalue weighted by atomic mass is 9.89. The van der Waals surface area contributed by atoms with Gasteiger partial charge < -0.3 is 20.1 Å². The van der Waals surface area contributed by atoms with Gasteiger partial charge in [-0.25, -0.2) is 0 Å². The van der Waals surface area contributed by atoms with E-state index in [0.29, 0.717) is 12.5 Å². The molecule has 3 rings (SSSR count). The highest BCUT2D eigenvalue weighted by Gasteiger charge is 2.27. The lowest BCUT2D eigenvalue weighted by Crippen LogP contribution is -2.41. The van der Waals surface area contributed by atoms with Gasteiger partial charge in [-0.1, -0.05) is 42.0 Å². The summed E-state index contributed by atoms with van der Waals surface area (Å²) in [4.78, 5) is 4.38. The molecule has 0 saturated carbocycles. The minimum absolute atomic E-state index is 0. The molecule has 2 N–H and O–H groups in total. The van der Waals surface area contributed by atoms with Gasteiger partial charge in [0.1, 0.15) is 5.75 Å². The minimum Gasteiger partial charge on any atom is -0.496 e. The average molecular weight is 523 g/mol. The number of ether oxygens (including phenoxy) is 2. The summed E-state index contributed by atoms with van der Waals surface area (Å²) in [5.41, 5.74) is 4.83. The summed E-state index contributed by atoms with van der Waals surface area (Å²) in [5.74, 6) is 2.10. The Balaban J connectivity index is 0.00000320. The normalized spacial score (nSPS) is 19.0. The Kier molecular flexibility index (Phi) is 9.91. The van der Waals surface area contributed by atoms with Gasteiger partial charge in [0, 0.05) is 38.2 Å². The number of guanidine groups is 1. The fourth-order valence-corrected chi connectivity index (χ4v) is 3.80. The summed E-state index contributed by atoms with van der Waals surface area (Å²) in [5, 5.41) is 6.89. The fraction of sp³-hybridized carbons (Fsp3) is 0.458. The SMILES string of the molecule is CN=C(NCc1ccc(C)cc1OC)NCC1CCCOC1c1ccc(C)cc1.I. The summed E-state index contributed by atoms with van der Waals surface area (Å²) in [6.45, 7) is 6.49. The van der Waals surface area contributed by atoms with E-state index in [1.54, 1.807) is 14.2 Å². The molecule has 2 aromatic carbocycles. The fourth-order valence-electron chi connectivity index (χ4n) is 3.80. The van der Waals surface area contributed by atoms with Crippen molar-refractivity contribution >= 4 is 29.9 Å². The van der Waals surface area contributed by atoms with Gasteiger partial charge >= 0.3 is 0 Å². The maximum absolute atomic E-state index is 6.14. The van der Waals surface area contributed by atoms with Crippen molar-refractivity contribution in [3.05, 3.63) is 64.7 Å². The van der Waals surface area contributed by atoms with Gasteiger partial charge in [-0.15, -0.1) is 24.0 Å². The highest BCUT2D eigenvalue weighted by Crippen LogP contribution is 2.33. The number of benzene rings is 2. The van der Waals surface area contributed by atoms with Gasteiger partial charge in [0.05, 0.1) is 13.2 Å². The van der Waals surface area contributed by atoms with Crippen LogP contribution in [0, 0.1) is 19.8 Å². The van der Waals surface area contributed by atoms with E-state index in [1.165, 1.54) is 16.7 Å². The second-order valence-electron chi connectivity index (χ2n) is 7.73. The molecule has 1 aliphatic rings. The third kappa shape index (κ3) is 6.60. The number of methoxy groups -OCH3 is 1.